The molecule has 0 radical (unpaired) electrons. The van der Waals surface area contributed by atoms with Crippen LogP contribution in [0.4, 0.5) is 11.4 Å². The van der Waals surface area contributed by atoms with E-state index in [1.54, 1.807) is 6.92 Å². The number of methoxy groups -OCH3 is 1. The zero-order chi connectivity index (χ0) is 15.3. The number of carboxylic acids is 1. The summed E-state index contributed by atoms with van der Waals surface area (Å²) in [5.41, 5.74) is -0.827. The van der Waals surface area contributed by atoms with Crippen molar-refractivity contribution in [1.29, 1.82) is 0 Å². The molecular weight excluding hydrogens is 264 g/mol. The molecule has 7 heteroatoms. The Morgan fingerprint density at radius 3 is 2.65 bits per heavy atom. The van der Waals surface area contributed by atoms with Crippen molar-refractivity contribution in [3.05, 3.63) is 28.3 Å². The summed E-state index contributed by atoms with van der Waals surface area (Å²) >= 11 is 0. The average Bonchev–Trinajstić information content (AvgIpc) is 2.38. The topological polar surface area (TPSA) is 102 Å². The van der Waals surface area contributed by atoms with Crippen LogP contribution in [0, 0.1) is 10.1 Å². The van der Waals surface area contributed by atoms with E-state index in [4.69, 9.17) is 4.74 Å². The highest BCUT2D eigenvalue weighted by Crippen LogP contribution is 2.31. The largest absolute Gasteiger partial charge is 0.490 e. The Balaban J connectivity index is 3.09. The molecule has 0 aliphatic rings. The lowest BCUT2D eigenvalue weighted by Gasteiger charge is -2.27. The van der Waals surface area contributed by atoms with Crippen molar-refractivity contribution < 1.29 is 19.6 Å². The van der Waals surface area contributed by atoms with Gasteiger partial charge >= 0.3 is 11.7 Å². The van der Waals surface area contributed by atoms with Gasteiger partial charge in [-0.2, -0.15) is 0 Å². The fraction of sp³-hybridized carbons (Fsp3) is 0.462. The zero-order valence-electron chi connectivity index (χ0n) is 11.7. The maximum atomic E-state index is 11.3. The summed E-state index contributed by atoms with van der Waals surface area (Å²) in [5, 5.41) is 23.0. The number of hydrogen-bond acceptors (Lipinski definition) is 5. The zero-order valence-corrected chi connectivity index (χ0v) is 11.7. The van der Waals surface area contributed by atoms with Gasteiger partial charge in [-0.1, -0.05) is 13.3 Å². The molecule has 0 saturated heterocycles. The minimum Gasteiger partial charge on any atom is -0.490 e. The Hall–Kier alpha value is -2.31. The van der Waals surface area contributed by atoms with Crippen molar-refractivity contribution in [1.82, 2.24) is 0 Å². The second kappa shape index (κ2) is 6.23. The van der Waals surface area contributed by atoms with Gasteiger partial charge in [0.2, 0.25) is 0 Å². The van der Waals surface area contributed by atoms with Gasteiger partial charge in [0.15, 0.2) is 5.75 Å². The van der Waals surface area contributed by atoms with Crippen molar-refractivity contribution in [3.63, 3.8) is 0 Å². The van der Waals surface area contributed by atoms with E-state index in [0.29, 0.717) is 18.5 Å². The molecule has 0 saturated carbocycles. The number of carbonyl (C=O) groups is 1. The highest BCUT2D eigenvalue weighted by atomic mass is 16.6. The second-order valence-electron chi connectivity index (χ2n) is 4.66. The molecule has 1 unspecified atom stereocenters. The summed E-state index contributed by atoms with van der Waals surface area (Å²) in [4.78, 5) is 21.6. The van der Waals surface area contributed by atoms with Gasteiger partial charge in [0.25, 0.3) is 0 Å². The summed E-state index contributed by atoms with van der Waals surface area (Å²) in [6.45, 7) is 3.46. The first-order valence-corrected chi connectivity index (χ1v) is 6.18. The number of rotatable bonds is 7. The van der Waals surface area contributed by atoms with Crippen molar-refractivity contribution in [3.8, 4) is 5.75 Å². The molecule has 1 aromatic carbocycles. The Bertz CT molecular complexity index is 517. The summed E-state index contributed by atoms with van der Waals surface area (Å²) in [6, 6.07) is 4.18. The van der Waals surface area contributed by atoms with Gasteiger partial charge in [0.05, 0.1) is 12.0 Å². The number of aliphatic carboxylic acids is 1. The van der Waals surface area contributed by atoms with E-state index in [1.807, 2.05) is 6.92 Å². The van der Waals surface area contributed by atoms with E-state index < -0.39 is 16.4 Å². The van der Waals surface area contributed by atoms with Gasteiger partial charge in [-0.25, -0.2) is 4.79 Å². The van der Waals surface area contributed by atoms with Gasteiger partial charge < -0.3 is 15.2 Å². The normalized spacial score (nSPS) is 13.3. The number of ether oxygens (including phenoxy) is 1. The molecule has 110 valence electrons. The Kier molecular flexibility index (Phi) is 4.90. The summed E-state index contributed by atoms with van der Waals surface area (Å²) in [6.07, 6.45) is 1.13. The molecule has 1 aromatic rings. The Morgan fingerprint density at radius 2 is 2.20 bits per heavy atom. The molecule has 1 atom stereocenters. The quantitative estimate of drug-likeness (QED) is 0.589. The van der Waals surface area contributed by atoms with Crippen molar-refractivity contribution in [2.45, 2.75) is 32.2 Å². The third kappa shape index (κ3) is 3.37. The van der Waals surface area contributed by atoms with Crippen LogP contribution < -0.4 is 10.1 Å². The van der Waals surface area contributed by atoms with E-state index in [0.717, 1.165) is 0 Å². The SMILES string of the molecule is CCCC(C)(Nc1ccc([N+](=O)[O-])c(OC)c1)C(=O)O. The minimum absolute atomic E-state index is 0.0873. The molecule has 0 fully saturated rings. The van der Waals surface area contributed by atoms with Crippen LogP contribution in [0.15, 0.2) is 18.2 Å². The van der Waals surface area contributed by atoms with Crippen LogP contribution in [-0.2, 0) is 4.79 Å². The number of nitrogens with zero attached hydrogens (tertiary/aromatic N) is 1. The van der Waals surface area contributed by atoms with Crippen LogP contribution >= 0.6 is 0 Å². The number of nitro groups is 1. The predicted octanol–water partition coefficient (Wildman–Crippen LogP) is 2.66. The smallest absolute Gasteiger partial charge is 0.329 e. The van der Waals surface area contributed by atoms with Gasteiger partial charge in [0.1, 0.15) is 5.54 Å². The fourth-order valence-electron chi connectivity index (χ4n) is 1.95. The maximum Gasteiger partial charge on any atom is 0.329 e. The third-order valence-electron chi connectivity index (χ3n) is 3.02. The van der Waals surface area contributed by atoms with E-state index in [9.17, 15) is 20.0 Å². The lowest BCUT2D eigenvalue weighted by molar-refractivity contribution is -0.385. The van der Waals surface area contributed by atoms with Crippen molar-refractivity contribution in [2.75, 3.05) is 12.4 Å². The van der Waals surface area contributed by atoms with Crippen LogP contribution in [0.5, 0.6) is 5.75 Å². The van der Waals surface area contributed by atoms with Crippen molar-refractivity contribution >= 4 is 17.3 Å². The molecule has 0 aromatic heterocycles. The minimum atomic E-state index is -1.13. The third-order valence-corrected chi connectivity index (χ3v) is 3.02. The molecule has 0 amide bonds. The average molecular weight is 282 g/mol. The molecule has 7 nitrogen and oxygen atoms in total. The van der Waals surface area contributed by atoms with Crippen LogP contribution in [0.25, 0.3) is 0 Å². The van der Waals surface area contributed by atoms with Gasteiger partial charge in [-0.05, 0) is 19.4 Å². The van der Waals surface area contributed by atoms with E-state index >= 15 is 0 Å². The number of anilines is 1. The standard InChI is InChI=1S/C13H18N2O5/c1-4-7-13(2,12(16)17)14-9-5-6-10(15(18)19)11(8-9)20-3/h5-6,8,14H,4,7H2,1-3H3,(H,16,17). The first-order chi connectivity index (χ1) is 9.34. The lowest BCUT2D eigenvalue weighted by Crippen LogP contribution is -2.43. The number of nitro benzene ring substituents is 1. The molecule has 0 aliphatic heterocycles. The van der Waals surface area contributed by atoms with E-state index in [-0.39, 0.29) is 11.4 Å². The molecule has 0 aliphatic carbocycles. The van der Waals surface area contributed by atoms with Gasteiger partial charge in [0, 0.05) is 17.8 Å². The molecule has 20 heavy (non-hydrogen) atoms. The van der Waals surface area contributed by atoms with Crippen LogP contribution in [-0.4, -0.2) is 28.6 Å². The van der Waals surface area contributed by atoms with Crippen molar-refractivity contribution in [2.24, 2.45) is 0 Å². The second-order valence-corrected chi connectivity index (χ2v) is 4.66. The van der Waals surface area contributed by atoms with E-state index in [1.165, 1.54) is 25.3 Å². The molecule has 1 rings (SSSR count). The molecule has 0 bridgehead atoms. The summed E-state index contributed by atoms with van der Waals surface area (Å²) < 4.78 is 4.95. The lowest BCUT2D eigenvalue weighted by atomic mass is 9.96. The predicted molar refractivity (Wildman–Crippen MR) is 74.2 cm³/mol. The molecule has 0 spiro atoms. The number of carboxylic acid groups (broad SMARTS) is 1. The highest BCUT2D eigenvalue weighted by molar-refractivity contribution is 5.82. The molecular formula is C13H18N2O5. The van der Waals surface area contributed by atoms with Crippen LogP contribution in [0.1, 0.15) is 26.7 Å². The Labute approximate surface area is 116 Å². The highest BCUT2D eigenvalue weighted by Gasteiger charge is 2.32. The summed E-state index contributed by atoms with van der Waals surface area (Å²) in [7, 11) is 1.33. The van der Waals surface area contributed by atoms with Crippen LogP contribution in [0.3, 0.4) is 0 Å². The monoisotopic (exact) mass is 282 g/mol. The first-order valence-electron chi connectivity index (χ1n) is 6.18. The molecule has 0 heterocycles. The maximum absolute atomic E-state index is 11.3. The van der Waals surface area contributed by atoms with Gasteiger partial charge in [-0.3, -0.25) is 10.1 Å². The Morgan fingerprint density at radius 1 is 1.55 bits per heavy atom. The fourth-order valence-corrected chi connectivity index (χ4v) is 1.95. The van der Waals surface area contributed by atoms with E-state index in [2.05, 4.69) is 5.32 Å². The van der Waals surface area contributed by atoms with Gasteiger partial charge in [-0.15, -0.1) is 0 Å². The molecule has 2 N–H and O–H groups in total. The number of hydrogen-bond donors (Lipinski definition) is 2. The number of benzene rings is 1. The first kappa shape index (κ1) is 15.7. The number of nitrogens with one attached hydrogen (secondary N) is 1. The van der Waals surface area contributed by atoms with Crippen LogP contribution in [0.2, 0.25) is 0 Å². The summed E-state index contributed by atoms with van der Waals surface area (Å²) in [5.74, 6) is -0.888.